The highest BCUT2D eigenvalue weighted by atomic mass is 16.2. The third kappa shape index (κ3) is 8.31. The van der Waals surface area contributed by atoms with Crippen LogP contribution in [0.25, 0.3) is 0 Å². The lowest BCUT2D eigenvalue weighted by Gasteiger charge is -2.21. The van der Waals surface area contributed by atoms with E-state index in [1.165, 1.54) is 6.92 Å². The molecule has 110 valence electrons. The van der Waals surface area contributed by atoms with Gasteiger partial charge in [-0.3, -0.25) is 14.4 Å². The number of Topliss-reactive ketones (excluding diaryl/α,β-unsaturated/α-hetero) is 1. The molecule has 0 aliphatic rings. The quantitative estimate of drug-likeness (QED) is 0.543. The molecule has 19 heavy (non-hydrogen) atoms. The largest absolute Gasteiger partial charge is 0.347 e. The highest BCUT2D eigenvalue weighted by Gasteiger charge is 2.22. The van der Waals surface area contributed by atoms with Gasteiger partial charge in [0.1, 0.15) is 11.8 Å². The number of ketones is 1. The molecular formula is C13H25N3O3. The van der Waals surface area contributed by atoms with Crippen LogP contribution in [0, 0.1) is 5.92 Å². The lowest BCUT2D eigenvalue weighted by Crippen LogP contribution is -2.50. The van der Waals surface area contributed by atoms with Gasteiger partial charge in [-0.05, 0) is 26.3 Å². The summed E-state index contributed by atoms with van der Waals surface area (Å²) in [5.74, 6) is -0.325. The number of amides is 2. The first kappa shape index (κ1) is 17.6. The molecular weight excluding hydrogens is 246 g/mol. The number of likely N-dealkylation sites (N-methyl/N-ethyl adjacent to an activating group) is 1. The second-order valence-electron chi connectivity index (χ2n) is 4.82. The molecule has 0 saturated heterocycles. The summed E-state index contributed by atoms with van der Waals surface area (Å²) in [7, 11) is 1.67. The zero-order chi connectivity index (χ0) is 14.8. The van der Waals surface area contributed by atoms with Crippen LogP contribution in [-0.4, -0.2) is 43.8 Å². The minimum Gasteiger partial charge on any atom is -0.347 e. The van der Waals surface area contributed by atoms with Crippen LogP contribution >= 0.6 is 0 Å². The molecule has 0 bridgehead atoms. The van der Waals surface area contributed by atoms with E-state index < -0.39 is 6.04 Å². The molecule has 0 heterocycles. The van der Waals surface area contributed by atoms with Crippen molar-refractivity contribution in [3.63, 3.8) is 0 Å². The van der Waals surface area contributed by atoms with Gasteiger partial charge in [-0.1, -0.05) is 20.3 Å². The minimum atomic E-state index is -0.588. The van der Waals surface area contributed by atoms with Crippen molar-refractivity contribution >= 4 is 17.6 Å². The Labute approximate surface area is 114 Å². The molecule has 0 aromatic carbocycles. The van der Waals surface area contributed by atoms with Gasteiger partial charge < -0.3 is 16.0 Å². The molecule has 0 spiro atoms. The van der Waals surface area contributed by atoms with Crippen LogP contribution in [0.4, 0.5) is 0 Å². The maximum absolute atomic E-state index is 11.9. The average Bonchev–Trinajstić information content (AvgIpc) is 2.35. The number of rotatable bonds is 9. The van der Waals surface area contributed by atoms with Crippen molar-refractivity contribution in [1.29, 1.82) is 0 Å². The lowest BCUT2D eigenvalue weighted by molar-refractivity contribution is -0.129. The Bertz CT molecular complexity index is 318. The predicted molar refractivity (Wildman–Crippen MR) is 73.6 cm³/mol. The average molecular weight is 271 g/mol. The van der Waals surface area contributed by atoms with Crippen molar-refractivity contribution < 1.29 is 14.4 Å². The van der Waals surface area contributed by atoms with Gasteiger partial charge in [0.05, 0.1) is 13.1 Å². The van der Waals surface area contributed by atoms with E-state index in [1.807, 2.05) is 13.8 Å². The van der Waals surface area contributed by atoms with E-state index in [9.17, 15) is 14.4 Å². The third-order valence-electron chi connectivity index (χ3n) is 2.84. The van der Waals surface area contributed by atoms with Crippen molar-refractivity contribution in [3.8, 4) is 0 Å². The summed E-state index contributed by atoms with van der Waals surface area (Å²) in [4.78, 5) is 34.3. The topological polar surface area (TPSA) is 87.3 Å². The van der Waals surface area contributed by atoms with E-state index in [1.54, 1.807) is 7.05 Å². The van der Waals surface area contributed by atoms with Gasteiger partial charge in [-0.25, -0.2) is 0 Å². The summed E-state index contributed by atoms with van der Waals surface area (Å²) in [5.41, 5.74) is 0. The smallest absolute Gasteiger partial charge is 0.242 e. The van der Waals surface area contributed by atoms with Crippen LogP contribution in [-0.2, 0) is 14.4 Å². The first-order valence-electron chi connectivity index (χ1n) is 6.61. The first-order valence-corrected chi connectivity index (χ1v) is 6.61. The van der Waals surface area contributed by atoms with Crippen molar-refractivity contribution in [2.24, 2.45) is 5.92 Å². The number of carbonyl (C=O) groups excluding carboxylic acids is 3. The second-order valence-corrected chi connectivity index (χ2v) is 4.82. The van der Waals surface area contributed by atoms with Crippen LogP contribution in [0.15, 0.2) is 0 Å². The van der Waals surface area contributed by atoms with Crippen molar-refractivity contribution in [1.82, 2.24) is 16.0 Å². The zero-order valence-electron chi connectivity index (χ0n) is 12.2. The van der Waals surface area contributed by atoms with Crippen LogP contribution in [0.1, 0.15) is 33.6 Å². The molecule has 2 amide bonds. The molecule has 0 rings (SSSR count). The fraction of sp³-hybridized carbons (Fsp3) is 0.769. The van der Waals surface area contributed by atoms with Gasteiger partial charge in [-0.15, -0.1) is 0 Å². The highest BCUT2D eigenvalue weighted by Crippen LogP contribution is 2.10. The molecule has 6 nitrogen and oxygen atoms in total. The molecule has 0 aromatic rings. The Morgan fingerprint density at radius 1 is 1.16 bits per heavy atom. The van der Waals surface area contributed by atoms with E-state index in [0.717, 1.165) is 6.42 Å². The van der Waals surface area contributed by atoms with Crippen LogP contribution in [0.2, 0.25) is 0 Å². The maximum Gasteiger partial charge on any atom is 0.242 e. The number of hydrogen-bond acceptors (Lipinski definition) is 4. The SMILES string of the molecule is CCC(C)C[C@H](NC(=O)CNC)C(=O)NCC(C)=O. The number of carbonyl (C=O) groups is 3. The molecule has 0 aromatic heterocycles. The normalized spacial score (nSPS) is 13.5. The Morgan fingerprint density at radius 2 is 1.79 bits per heavy atom. The maximum atomic E-state index is 11.9. The van der Waals surface area contributed by atoms with Gasteiger partial charge in [0.15, 0.2) is 0 Å². The van der Waals surface area contributed by atoms with E-state index in [0.29, 0.717) is 12.3 Å². The molecule has 0 fully saturated rings. The monoisotopic (exact) mass is 271 g/mol. The van der Waals surface area contributed by atoms with Gasteiger partial charge in [0.25, 0.3) is 0 Å². The Hall–Kier alpha value is -1.43. The molecule has 6 heteroatoms. The summed E-state index contributed by atoms with van der Waals surface area (Å²) >= 11 is 0. The minimum absolute atomic E-state index is 0.00224. The van der Waals surface area contributed by atoms with Crippen LogP contribution in [0.5, 0.6) is 0 Å². The summed E-state index contributed by atoms with van der Waals surface area (Å²) < 4.78 is 0. The van der Waals surface area contributed by atoms with E-state index >= 15 is 0 Å². The predicted octanol–water partition coefficient (Wildman–Crippen LogP) is -0.168. The van der Waals surface area contributed by atoms with Crippen LogP contribution in [0.3, 0.4) is 0 Å². The van der Waals surface area contributed by atoms with E-state index in [4.69, 9.17) is 0 Å². The van der Waals surface area contributed by atoms with Gasteiger partial charge >= 0.3 is 0 Å². The van der Waals surface area contributed by atoms with Crippen LogP contribution < -0.4 is 16.0 Å². The second kappa shape index (κ2) is 9.49. The molecule has 3 N–H and O–H groups in total. The first-order chi connectivity index (χ1) is 8.90. The molecule has 0 aliphatic carbocycles. The van der Waals surface area contributed by atoms with Gasteiger partial charge in [0, 0.05) is 0 Å². The van der Waals surface area contributed by atoms with Crippen molar-refractivity contribution in [2.75, 3.05) is 20.1 Å². The molecule has 1 unspecified atom stereocenters. The Morgan fingerprint density at radius 3 is 2.26 bits per heavy atom. The molecule has 0 radical (unpaired) electrons. The summed E-state index contributed by atoms with van der Waals surface area (Å²) in [6, 6.07) is -0.588. The van der Waals surface area contributed by atoms with E-state index in [2.05, 4.69) is 16.0 Å². The fourth-order valence-electron chi connectivity index (χ4n) is 1.54. The summed E-state index contributed by atoms with van der Waals surface area (Å²) in [5, 5.41) is 7.95. The van der Waals surface area contributed by atoms with Gasteiger partial charge in [0.2, 0.25) is 11.8 Å². The summed E-state index contributed by atoms with van der Waals surface area (Å²) in [6.45, 7) is 5.62. The zero-order valence-corrected chi connectivity index (χ0v) is 12.2. The lowest BCUT2D eigenvalue weighted by atomic mass is 9.98. The molecule has 2 atom stereocenters. The number of nitrogens with one attached hydrogen (secondary N) is 3. The fourth-order valence-corrected chi connectivity index (χ4v) is 1.54. The number of hydrogen-bond donors (Lipinski definition) is 3. The Balaban J connectivity index is 4.51. The Kier molecular flexibility index (Phi) is 8.78. The van der Waals surface area contributed by atoms with E-state index in [-0.39, 0.29) is 30.7 Å². The third-order valence-corrected chi connectivity index (χ3v) is 2.84. The van der Waals surface area contributed by atoms with Crippen molar-refractivity contribution in [3.05, 3.63) is 0 Å². The van der Waals surface area contributed by atoms with Crippen molar-refractivity contribution in [2.45, 2.75) is 39.7 Å². The summed E-state index contributed by atoms with van der Waals surface area (Å²) in [6.07, 6.45) is 1.49. The van der Waals surface area contributed by atoms with Gasteiger partial charge in [-0.2, -0.15) is 0 Å². The standard InChI is InChI=1S/C13H25N3O3/c1-5-9(2)6-11(16-12(18)8-14-4)13(19)15-7-10(3)17/h9,11,14H,5-8H2,1-4H3,(H,15,19)(H,16,18)/t9?,11-/m0/s1. The highest BCUT2D eigenvalue weighted by molar-refractivity contribution is 5.90. The molecule has 0 saturated carbocycles. The molecule has 0 aliphatic heterocycles.